The molecule has 0 bridgehead atoms. The minimum Gasteiger partial charge on any atom is -0.317 e. The van der Waals surface area contributed by atoms with Gasteiger partial charge in [0.25, 0.3) is 0 Å². The quantitative estimate of drug-likeness (QED) is 0.800. The molecule has 0 aliphatic carbocycles. The number of hydrogen-bond donors (Lipinski definition) is 1. The molecule has 1 atom stereocenters. The fourth-order valence-electron chi connectivity index (χ4n) is 1.41. The van der Waals surface area contributed by atoms with Crippen molar-refractivity contribution in [1.82, 2.24) is 14.9 Å². The van der Waals surface area contributed by atoms with E-state index in [1.807, 2.05) is 17.7 Å². The molecule has 1 N–H and O–H groups in total. The first-order valence-electron chi connectivity index (χ1n) is 5.33. The standard InChI is InChI=1S/C11H18N4/c1-4-10(7-12)15-6-5-13-11(15)8-14-9(2)3/h5-6,9-10,14H,4,8H2,1-3H3. The van der Waals surface area contributed by atoms with E-state index in [1.165, 1.54) is 0 Å². The predicted molar refractivity (Wildman–Crippen MR) is 59.1 cm³/mol. The van der Waals surface area contributed by atoms with Gasteiger partial charge in [-0.05, 0) is 6.42 Å². The lowest BCUT2D eigenvalue weighted by Crippen LogP contribution is -2.24. The van der Waals surface area contributed by atoms with Crippen molar-refractivity contribution in [3.05, 3.63) is 18.2 Å². The summed E-state index contributed by atoms with van der Waals surface area (Å²) in [5.74, 6) is 0.928. The topological polar surface area (TPSA) is 53.6 Å². The second kappa shape index (κ2) is 5.52. The number of rotatable bonds is 5. The zero-order valence-electron chi connectivity index (χ0n) is 9.57. The Bertz CT molecular complexity index is 335. The van der Waals surface area contributed by atoms with Crippen LogP contribution in [0, 0.1) is 11.3 Å². The maximum Gasteiger partial charge on any atom is 0.123 e. The van der Waals surface area contributed by atoms with Crippen LogP contribution in [0.4, 0.5) is 0 Å². The van der Waals surface area contributed by atoms with E-state index in [2.05, 4.69) is 30.2 Å². The summed E-state index contributed by atoms with van der Waals surface area (Å²) in [6.07, 6.45) is 4.42. The minimum atomic E-state index is -0.100. The second-order valence-electron chi connectivity index (χ2n) is 3.84. The normalized spacial score (nSPS) is 12.7. The summed E-state index contributed by atoms with van der Waals surface area (Å²) in [7, 11) is 0. The molecule has 0 spiro atoms. The van der Waals surface area contributed by atoms with E-state index < -0.39 is 0 Å². The van der Waals surface area contributed by atoms with Crippen molar-refractivity contribution < 1.29 is 0 Å². The third kappa shape index (κ3) is 3.07. The van der Waals surface area contributed by atoms with E-state index in [9.17, 15) is 0 Å². The van der Waals surface area contributed by atoms with Gasteiger partial charge in [0, 0.05) is 18.4 Å². The highest BCUT2D eigenvalue weighted by Gasteiger charge is 2.11. The molecule has 0 radical (unpaired) electrons. The Morgan fingerprint density at radius 2 is 2.33 bits per heavy atom. The van der Waals surface area contributed by atoms with Crippen molar-refractivity contribution in [3.63, 3.8) is 0 Å². The maximum absolute atomic E-state index is 8.98. The summed E-state index contributed by atoms with van der Waals surface area (Å²) in [5.41, 5.74) is 0. The Labute approximate surface area is 90.9 Å². The van der Waals surface area contributed by atoms with Gasteiger partial charge in [-0.15, -0.1) is 0 Å². The van der Waals surface area contributed by atoms with Crippen LogP contribution in [0.5, 0.6) is 0 Å². The van der Waals surface area contributed by atoms with Gasteiger partial charge in [-0.3, -0.25) is 0 Å². The molecule has 0 saturated heterocycles. The monoisotopic (exact) mass is 206 g/mol. The fourth-order valence-corrected chi connectivity index (χ4v) is 1.41. The SMILES string of the molecule is CCC(C#N)n1ccnc1CNC(C)C. The zero-order chi connectivity index (χ0) is 11.3. The summed E-state index contributed by atoms with van der Waals surface area (Å²) in [6, 6.07) is 2.60. The van der Waals surface area contributed by atoms with Gasteiger partial charge in [0.2, 0.25) is 0 Å². The summed E-state index contributed by atoms with van der Waals surface area (Å²) in [6.45, 7) is 6.90. The molecule has 0 fully saturated rings. The van der Waals surface area contributed by atoms with Gasteiger partial charge in [0.05, 0.1) is 12.6 Å². The van der Waals surface area contributed by atoms with Crippen molar-refractivity contribution in [2.75, 3.05) is 0 Å². The Balaban J connectivity index is 2.73. The molecular weight excluding hydrogens is 188 g/mol. The summed E-state index contributed by atoms with van der Waals surface area (Å²) in [4.78, 5) is 4.25. The van der Waals surface area contributed by atoms with Gasteiger partial charge < -0.3 is 9.88 Å². The zero-order valence-corrected chi connectivity index (χ0v) is 9.57. The van der Waals surface area contributed by atoms with Crippen LogP contribution in [0.1, 0.15) is 39.1 Å². The van der Waals surface area contributed by atoms with E-state index >= 15 is 0 Å². The Hall–Kier alpha value is -1.34. The highest BCUT2D eigenvalue weighted by atomic mass is 15.1. The number of nitrogens with one attached hydrogen (secondary N) is 1. The highest BCUT2D eigenvalue weighted by Crippen LogP contribution is 2.12. The van der Waals surface area contributed by atoms with Crippen molar-refractivity contribution in [1.29, 1.82) is 5.26 Å². The molecule has 15 heavy (non-hydrogen) atoms. The molecule has 1 unspecified atom stereocenters. The summed E-state index contributed by atoms with van der Waals surface area (Å²) >= 11 is 0. The van der Waals surface area contributed by atoms with Crippen LogP contribution in [-0.2, 0) is 6.54 Å². The van der Waals surface area contributed by atoms with Crippen LogP contribution >= 0.6 is 0 Å². The molecule has 0 aromatic carbocycles. The minimum absolute atomic E-state index is 0.100. The Morgan fingerprint density at radius 3 is 2.87 bits per heavy atom. The Kier molecular flexibility index (Phi) is 4.32. The molecule has 4 nitrogen and oxygen atoms in total. The number of nitriles is 1. The maximum atomic E-state index is 8.98. The van der Waals surface area contributed by atoms with Gasteiger partial charge in [0.1, 0.15) is 11.9 Å². The van der Waals surface area contributed by atoms with Crippen LogP contribution in [-0.4, -0.2) is 15.6 Å². The third-order valence-corrected chi connectivity index (χ3v) is 2.29. The van der Waals surface area contributed by atoms with E-state index in [4.69, 9.17) is 5.26 Å². The molecule has 1 heterocycles. The van der Waals surface area contributed by atoms with E-state index in [0.29, 0.717) is 12.6 Å². The number of nitrogens with zero attached hydrogens (tertiary/aromatic N) is 3. The van der Waals surface area contributed by atoms with Gasteiger partial charge >= 0.3 is 0 Å². The average Bonchev–Trinajstić information content (AvgIpc) is 2.65. The van der Waals surface area contributed by atoms with Crippen LogP contribution in [0.2, 0.25) is 0 Å². The first-order valence-corrected chi connectivity index (χ1v) is 5.33. The van der Waals surface area contributed by atoms with Gasteiger partial charge in [0.15, 0.2) is 0 Å². The van der Waals surface area contributed by atoms with Crippen LogP contribution in [0.15, 0.2) is 12.4 Å². The number of imidazole rings is 1. The first kappa shape index (κ1) is 11.7. The largest absolute Gasteiger partial charge is 0.317 e. The molecule has 4 heteroatoms. The number of aromatic nitrogens is 2. The molecular formula is C11H18N4. The van der Waals surface area contributed by atoms with Gasteiger partial charge in [-0.2, -0.15) is 5.26 Å². The lowest BCUT2D eigenvalue weighted by Gasteiger charge is -2.13. The molecule has 0 saturated carbocycles. The van der Waals surface area contributed by atoms with E-state index in [1.54, 1.807) is 6.20 Å². The van der Waals surface area contributed by atoms with Crippen LogP contribution < -0.4 is 5.32 Å². The molecule has 0 aliphatic heterocycles. The third-order valence-electron chi connectivity index (χ3n) is 2.29. The smallest absolute Gasteiger partial charge is 0.123 e. The Morgan fingerprint density at radius 1 is 1.60 bits per heavy atom. The van der Waals surface area contributed by atoms with Crippen LogP contribution in [0.25, 0.3) is 0 Å². The molecule has 1 rings (SSSR count). The lowest BCUT2D eigenvalue weighted by atomic mass is 10.2. The van der Waals surface area contributed by atoms with Crippen LogP contribution in [0.3, 0.4) is 0 Å². The summed E-state index contributed by atoms with van der Waals surface area (Å²) < 4.78 is 1.94. The van der Waals surface area contributed by atoms with E-state index in [-0.39, 0.29) is 6.04 Å². The second-order valence-corrected chi connectivity index (χ2v) is 3.84. The molecule has 0 amide bonds. The van der Waals surface area contributed by atoms with Crippen molar-refractivity contribution in [3.8, 4) is 6.07 Å². The fraction of sp³-hybridized carbons (Fsp3) is 0.636. The van der Waals surface area contributed by atoms with Crippen molar-refractivity contribution in [2.45, 2.75) is 45.8 Å². The average molecular weight is 206 g/mol. The van der Waals surface area contributed by atoms with Crippen molar-refractivity contribution in [2.24, 2.45) is 0 Å². The first-order chi connectivity index (χ1) is 7.19. The van der Waals surface area contributed by atoms with Gasteiger partial charge in [-0.1, -0.05) is 20.8 Å². The summed E-state index contributed by atoms with van der Waals surface area (Å²) in [5, 5.41) is 12.3. The van der Waals surface area contributed by atoms with Gasteiger partial charge in [-0.25, -0.2) is 4.98 Å². The predicted octanol–water partition coefficient (Wildman–Crippen LogP) is 1.86. The molecule has 1 aromatic heterocycles. The van der Waals surface area contributed by atoms with E-state index in [0.717, 1.165) is 12.2 Å². The highest BCUT2D eigenvalue weighted by molar-refractivity contribution is 5.01. The molecule has 0 aliphatic rings. The molecule has 1 aromatic rings. The lowest BCUT2D eigenvalue weighted by molar-refractivity contribution is 0.517. The molecule has 82 valence electrons. The van der Waals surface area contributed by atoms with Crippen molar-refractivity contribution >= 4 is 0 Å². The number of hydrogen-bond acceptors (Lipinski definition) is 3.